The molecule has 0 heterocycles. The van der Waals surface area contributed by atoms with Crippen molar-refractivity contribution in [2.75, 3.05) is 18.6 Å². The molecule has 0 aliphatic heterocycles. The van der Waals surface area contributed by atoms with Crippen LogP contribution in [0.1, 0.15) is 11.5 Å². The summed E-state index contributed by atoms with van der Waals surface area (Å²) in [5, 5.41) is 9.18. The Morgan fingerprint density at radius 1 is 1.31 bits per heavy atom. The average Bonchev–Trinajstić information content (AvgIpc) is 2.21. The molecule has 0 aromatic heterocycles. The maximum absolute atomic E-state index is 9.18. The van der Waals surface area contributed by atoms with Crippen molar-refractivity contribution in [2.45, 2.75) is 5.92 Å². The molecule has 72 valence electrons. The molecule has 0 saturated carbocycles. The Balaban J connectivity index is 2.56. The highest BCUT2D eigenvalue weighted by atomic mass is 33.1. The van der Waals surface area contributed by atoms with Crippen LogP contribution in [0.2, 0.25) is 0 Å². The molecule has 0 aliphatic carbocycles. The monoisotopic (exact) mass is 214 g/mol. The molecule has 1 nitrogen and oxygen atoms in total. The molecule has 0 bridgehead atoms. The number of benzene rings is 1. The van der Waals surface area contributed by atoms with Crippen molar-refractivity contribution in [2.24, 2.45) is 0 Å². The quantitative estimate of drug-likeness (QED) is 0.761. The topological polar surface area (TPSA) is 20.2 Å². The first-order valence-electron chi connectivity index (χ1n) is 4.20. The Hall–Kier alpha value is -0.120. The van der Waals surface area contributed by atoms with Crippen LogP contribution < -0.4 is 0 Å². The normalized spacial score (nSPS) is 12.8. The van der Waals surface area contributed by atoms with E-state index in [1.165, 1.54) is 5.56 Å². The molecule has 1 unspecified atom stereocenters. The SMILES string of the molecule is CSSCC(CO)c1ccccc1. The first-order valence-corrected chi connectivity index (χ1v) is 6.92. The lowest BCUT2D eigenvalue weighted by atomic mass is 10.0. The molecule has 0 fully saturated rings. The zero-order chi connectivity index (χ0) is 9.52. The lowest BCUT2D eigenvalue weighted by Gasteiger charge is -2.12. The van der Waals surface area contributed by atoms with Gasteiger partial charge in [-0.2, -0.15) is 0 Å². The van der Waals surface area contributed by atoms with Gasteiger partial charge in [0.2, 0.25) is 0 Å². The smallest absolute Gasteiger partial charge is 0.0508 e. The first-order chi connectivity index (χ1) is 6.38. The maximum Gasteiger partial charge on any atom is 0.0508 e. The first kappa shape index (κ1) is 11.0. The van der Waals surface area contributed by atoms with Crippen molar-refractivity contribution >= 4 is 21.6 Å². The van der Waals surface area contributed by atoms with Gasteiger partial charge in [0.15, 0.2) is 0 Å². The van der Waals surface area contributed by atoms with Crippen LogP contribution in [0.3, 0.4) is 0 Å². The zero-order valence-corrected chi connectivity index (χ0v) is 9.28. The van der Waals surface area contributed by atoms with Crippen molar-refractivity contribution in [3.8, 4) is 0 Å². The molecule has 1 aromatic carbocycles. The highest BCUT2D eigenvalue weighted by Crippen LogP contribution is 2.26. The van der Waals surface area contributed by atoms with Crippen LogP contribution in [-0.2, 0) is 0 Å². The van der Waals surface area contributed by atoms with E-state index < -0.39 is 0 Å². The van der Waals surface area contributed by atoms with Crippen LogP contribution in [-0.4, -0.2) is 23.7 Å². The van der Waals surface area contributed by atoms with Crippen molar-refractivity contribution in [1.29, 1.82) is 0 Å². The van der Waals surface area contributed by atoms with Gasteiger partial charge < -0.3 is 5.11 Å². The van der Waals surface area contributed by atoms with Crippen LogP contribution in [0.5, 0.6) is 0 Å². The third kappa shape index (κ3) is 3.63. The summed E-state index contributed by atoms with van der Waals surface area (Å²) in [6, 6.07) is 10.2. The molecular weight excluding hydrogens is 200 g/mol. The fourth-order valence-electron chi connectivity index (χ4n) is 1.13. The predicted octanol–water partition coefficient (Wildman–Crippen LogP) is 2.77. The van der Waals surface area contributed by atoms with E-state index in [4.69, 9.17) is 0 Å². The molecule has 0 radical (unpaired) electrons. The number of hydrogen-bond acceptors (Lipinski definition) is 3. The zero-order valence-electron chi connectivity index (χ0n) is 7.64. The Morgan fingerprint density at radius 2 is 2.00 bits per heavy atom. The van der Waals surface area contributed by atoms with E-state index in [1.807, 2.05) is 18.2 Å². The Labute approximate surface area is 87.3 Å². The Kier molecular flexibility index (Phi) is 5.35. The van der Waals surface area contributed by atoms with Crippen molar-refractivity contribution < 1.29 is 5.11 Å². The molecule has 13 heavy (non-hydrogen) atoms. The highest BCUT2D eigenvalue weighted by molar-refractivity contribution is 8.76. The lowest BCUT2D eigenvalue weighted by molar-refractivity contribution is 0.275. The van der Waals surface area contributed by atoms with Crippen LogP contribution in [0, 0.1) is 0 Å². The second-order valence-electron chi connectivity index (χ2n) is 2.74. The molecule has 1 aromatic rings. The van der Waals surface area contributed by atoms with Crippen molar-refractivity contribution in [1.82, 2.24) is 0 Å². The van der Waals surface area contributed by atoms with E-state index in [9.17, 15) is 5.11 Å². The standard InChI is InChI=1S/C10H14OS2/c1-12-13-8-10(7-11)9-5-3-2-4-6-9/h2-6,10-11H,7-8H2,1H3. The van der Waals surface area contributed by atoms with Gasteiger partial charge in [0.05, 0.1) is 6.61 Å². The fourth-order valence-corrected chi connectivity index (χ4v) is 2.63. The Bertz CT molecular complexity index is 226. The maximum atomic E-state index is 9.18. The van der Waals surface area contributed by atoms with E-state index in [1.54, 1.807) is 21.6 Å². The summed E-state index contributed by atoms with van der Waals surface area (Å²) < 4.78 is 0. The van der Waals surface area contributed by atoms with E-state index in [2.05, 4.69) is 18.4 Å². The summed E-state index contributed by atoms with van der Waals surface area (Å²) in [6.45, 7) is 0.234. The van der Waals surface area contributed by atoms with E-state index in [0.29, 0.717) is 0 Å². The van der Waals surface area contributed by atoms with E-state index >= 15 is 0 Å². The Morgan fingerprint density at radius 3 is 2.54 bits per heavy atom. The summed E-state index contributed by atoms with van der Waals surface area (Å²) in [5.74, 6) is 1.25. The summed E-state index contributed by atoms with van der Waals surface area (Å²) >= 11 is 0. The molecule has 0 spiro atoms. The molecular formula is C10H14OS2. The fraction of sp³-hybridized carbons (Fsp3) is 0.400. The number of aliphatic hydroxyl groups excluding tert-OH is 1. The minimum absolute atomic E-state index is 0.234. The second kappa shape index (κ2) is 6.35. The van der Waals surface area contributed by atoms with Crippen LogP contribution in [0.15, 0.2) is 30.3 Å². The van der Waals surface area contributed by atoms with Crippen LogP contribution in [0.4, 0.5) is 0 Å². The van der Waals surface area contributed by atoms with Gasteiger partial charge in [-0.05, 0) is 11.8 Å². The van der Waals surface area contributed by atoms with Gasteiger partial charge in [-0.15, -0.1) is 0 Å². The lowest BCUT2D eigenvalue weighted by Crippen LogP contribution is -2.06. The van der Waals surface area contributed by atoms with Gasteiger partial charge in [-0.25, -0.2) is 0 Å². The van der Waals surface area contributed by atoms with Gasteiger partial charge in [0.1, 0.15) is 0 Å². The van der Waals surface area contributed by atoms with Gasteiger partial charge >= 0.3 is 0 Å². The van der Waals surface area contributed by atoms with E-state index in [0.717, 1.165) is 5.75 Å². The van der Waals surface area contributed by atoms with Gasteiger partial charge in [0.25, 0.3) is 0 Å². The molecule has 1 rings (SSSR count). The number of hydrogen-bond donors (Lipinski definition) is 1. The van der Waals surface area contributed by atoms with Crippen LogP contribution in [0.25, 0.3) is 0 Å². The summed E-state index contributed by atoms with van der Waals surface area (Å²) in [7, 11) is 3.54. The predicted molar refractivity (Wildman–Crippen MR) is 62.2 cm³/mol. The van der Waals surface area contributed by atoms with E-state index in [-0.39, 0.29) is 12.5 Å². The molecule has 0 amide bonds. The van der Waals surface area contributed by atoms with Crippen molar-refractivity contribution in [3.63, 3.8) is 0 Å². The van der Waals surface area contributed by atoms with Gasteiger partial charge in [-0.3, -0.25) is 0 Å². The number of rotatable bonds is 5. The summed E-state index contributed by atoms with van der Waals surface area (Å²) in [4.78, 5) is 0. The number of aliphatic hydroxyl groups is 1. The molecule has 0 aliphatic rings. The minimum Gasteiger partial charge on any atom is -0.396 e. The molecule has 1 N–H and O–H groups in total. The molecule has 0 saturated heterocycles. The van der Waals surface area contributed by atoms with Gasteiger partial charge in [0, 0.05) is 11.7 Å². The average molecular weight is 214 g/mol. The van der Waals surface area contributed by atoms with Crippen molar-refractivity contribution in [3.05, 3.63) is 35.9 Å². The van der Waals surface area contributed by atoms with Gasteiger partial charge in [-0.1, -0.05) is 51.9 Å². The molecule has 1 atom stereocenters. The summed E-state index contributed by atoms with van der Waals surface area (Å²) in [5.41, 5.74) is 1.23. The largest absolute Gasteiger partial charge is 0.396 e. The summed E-state index contributed by atoms with van der Waals surface area (Å²) in [6.07, 6.45) is 2.06. The third-order valence-electron chi connectivity index (χ3n) is 1.88. The second-order valence-corrected chi connectivity index (χ2v) is 5.35. The molecule has 3 heteroatoms. The highest BCUT2D eigenvalue weighted by Gasteiger charge is 2.08. The minimum atomic E-state index is 0.234. The third-order valence-corrected chi connectivity index (χ3v) is 3.77. The van der Waals surface area contributed by atoms with Crippen LogP contribution >= 0.6 is 21.6 Å².